The van der Waals surface area contributed by atoms with E-state index in [1.54, 1.807) is 25.1 Å². The monoisotopic (exact) mass is 535 g/mol. The van der Waals surface area contributed by atoms with Gasteiger partial charge in [0.2, 0.25) is 21.8 Å². The molecule has 0 radical (unpaired) electrons. The molecule has 0 saturated heterocycles. The van der Waals surface area contributed by atoms with Crippen molar-refractivity contribution in [3.05, 3.63) is 101 Å². The molecule has 0 bridgehead atoms. The van der Waals surface area contributed by atoms with Crippen molar-refractivity contribution in [2.75, 3.05) is 23.7 Å². The minimum absolute atomic E-state index is 0.175. The molecule has 7 nitrogen and oxygen atoms in total. The highest BCUT2D eigenvalue weighted by Crippen LogP contribution is 2.24. The van der Waals surface area contributed by atoms with E-state index < -0.39 is 28.5 Å². The van der Waals surface area contributed by atoms with E-state index in [9.17, 15) is 18.0 Å². The molecule has 0 aliphatic rings. The van der Waals surface area contributed by atoms with E-state index in [0.29, 0.717) is 18.7 Å². The highest BCUT2D eigenvalue weighted by molar-refractivity contribution is 7.92. The van der Waals surface area contributed by atoms with Gasteiger partial charge in [0.15, 0.2) is 0 Å². The fourth-order valence-electron chi connectivity index (χ4n) is 4.33. The van der Waals surface area contributed by atoms with Crippen LogP contribution in [0.1, 0.15) is 35.6 Å². The van der Waals surface area contributed by atoms with Gasteiger partial charge in [0.05, 0.1) is 11.9 Å². The number of carbonyl (C=O) groups is 2. The number of aryl methyl sites for hydroxylation is 2. The van der Waals surface area contributed by atoms with Gasteiger partial charge in [-0.2, -0.15) is 0 Å². The normalized spacial score (nSPS) is 12.0. The third kappa shape index (κ3) is 7.68. The first-order valence-electron chi connectivity index (χ1n) is 12.8. The van der Waals surface area contributed by atoms with Crippen molar-refractivity contribution in [1.82, 2.24) is 10.2 Å². The Hall–Kier alpha value is -3.65. The molecule has 0 spiro atoms. The van der Waals surface area contributed by atoms with Crippen LogP contribution in [0.3, 0.4) is 0 Å². The average Bonchev–Trinajstić information content (AvgIpc) is 2.89. The third-order valence-corrected chi connectivity index (χ3v) is 7.61. The lowest BCUT2D eigenvalue weighted by atomic mass is 10.0. The summed E-state index contributed by atoms with van der Waals surface area (Å²) in [7, 11) is -3.78. The number of nitrogens with zero attached hydrogens (tertiary/aromatic N) is 2. The number of para-hydroxylation sites is 1. The summed E-state index contributed by atoms with van der Waals surface area (Å²) in [5.41, 5.74) is 3.96. The van der Waals surface area contributed by atoms with Crippen molar-refractivity contribution in [2.45, 2.75) is 46.2 Å². The molecule has 3 rings (SSSR count). The molecule has 1 atom stereocenters. The molecule has 0 fully saturated rings. The van der Waals surface area contributed by atoms with Gasteiger partial charge in [-0.1, -0.05) is 79.7 Å². The minimum Gasteiger partial charge on any atom is -0.354 e. The smallest absolute Gasteiger partial charge is 0.244 e. The zero-order chi connectivity index (χ0) is 27.7. The largest absolute Gasteiger partial charge is 0.354 e. The number of anilines is 1. The summed E-state index contributed by atoms with van der Waals surface area (Å²) >= 11 is 0. The Kier molecular flexibility index (Phi) is 10.1. The zero-order valence-corrected chi connectivity index (χ0v) is 23.4. The molecular formula is C30H37N3O4S. The maximum atomic E-state index is 14.1. The van der Waals surface area contributed by atoms with Crippen LogP contribution >= 0.6 is 0 Å². The van der Waals surface area contributed by atoms with Gasteiger partial charge in [0.25, 0.3) is 0 Å². The van der Waals surface area contributed by atoms with Crippen molar-refractivity contribution in [2.24, 2.45) is 0 Å². The van der Waals surface area contributed by atoms with Gasteiger partial charge < -0.3 is 10.2 Å². The van der Waals surface area contributed by atoms with E-state index >= 15 is 0 Å². The Balaban J connectivity index is 2.06. The molecule has 202 valence electrons. The maximum absolute atomic E-state index is 14.1. The minimum atomic E-state index is -3.78. The average molecular weight is 536 g/mol. The number of hydrogen-bond acceptors (Lipinski definition) is 4. The first-order chi connectivity index (χ1) is 18.1. The van der Waals surface area contributed by atoms with E-state index in [1.807, 2.05) is 74.5 Å². The van der Waals surface area contributed by atoms with Crippen LogP contribution in [-0.2, 0) is 32.6 Å². The lowest BCUT2D eigenvalue weighted by Gasteiger charge is -2.34. The molecule has 0 saturated carbocycles. The molecule has 8 heteroatoms. The van der Waals surface area contributed by atoms with Crippen LogP contribution in [0.2, 0.25) is 0 Å². The van der Waals surface area contributed by atoms with Crippen LogP contribution in [0.25, 0.3) is 0 Å². The van der Waals surface area contributed by atoms with Crippen molar-refractivity contribution >= 4 is 27.5 Å². The van der Waals surface area contributed by atoms with Gasteiger partial charge in [-0.05, 0) is 48.6 Å². The fraction of sp³-hybridized carbons (Fsp3) is 0.333. The number of rotatable bonds is 12. The summed E-state index contributed by atoms with van der Waals surface area (Å²) in [4.78, 5) is 29.1. The molecule has 0 aliphatic heterocycles. The Labute approximate surface area is 226 Å². The van der Waals surface area contributed by atoms with Crippen LogP contribution in [0.5, 0.6) is 0 Å². The highest BCUT2D eigenvalue weighted by atomic mass is 32.2. The van der Waals surface area contributed by atoms with Crippen LogP contribution in [0.15, 0.2) is 78.9 Å². The molecular weight excluding hydrogens is 498 g/mol. The van der Waals surface area contributed by atoms with Crippen LogP contribution in [0.4, 0.5) is 5.69 Å². The van der Waals surface area contributed by atoms with E-state index in [1.165, 1.54) is 4.90 Å². The van der Waals surface area contributed by atoms with E-state index in [0.717, 1.165) is 39.2 Å². The molecule has 3 aromatic carbocycles. The summed E-state index contributed by atoms with van der Waals surface area (Å²) in [6, 6.07) is 23.5. The van der Waals surface area contributed by atoms with Crippen molar-refractivity contribution in [3.8, 4) is 0 Å². The summed E-state index contributed by atoms with van der Waals surface area (Å²) in [6.07, 6.45) is 2.15. The van der Waals surface area contributed by atoms with Gasteiger partial charge in [-0.15, -0.1) is 0 Å². The van der Waals surface area contributed by atoms with Gasteiger partial charge in [-0.25, -0.2) is 8.42 Å². The molecule has 0 aromatic heterocycles. The number of carbonyl (C=O) groups excluding carboxylic acids is 2. The van der Waals surface area contributed by atoms with Crippen molar-refractivity contribution in [3.63, 3.8) is 0 Å². The second-order valence-corrected chi connectivity index (χ2v) is 11.4. The molecule has 2 amide bonds. The van der Waals surface area contributed by atoms with E-state index in [-0.39, 0.29) is 12.5 Å². The molecule has 38 heavy (non-hydrogen) atoms. The number of hydrogen-bond donors (Lipinski definition) is 1. The topological polar surface area (TPSA) is 86.8 Å². The number of sulfonamides is 1. The Morgan fingerprint density at radius 3 is 2.08 bits per heavy atom. The molecule has 0 heterocycles. The zero-order valence-electron chi connectivity index (χ0n) is 22.6. The Morgan fingerprint density at radius 2 is 1.47 bits per heavy atom. The van der Waals surface area contributed by atoms with Crippen molar-refractivity contribution < 1.29 is 18.0 Å². The molecule has 1 N–H and O–H groups in total. The second-order valence-electron chi connectivity index (χ2n) is 9.50. The Morgan fingerprint density at radius 1 is 0.868 bits per heavy atom. The fourth-order valence-corrected chi connectivity index (χ4v) is 5.24. The van der Waals surface area contributed by atoms with Gasteiger partial charge in [-0.3, -0.25) is 13.9 Å². The third-order valence-electron chi connectivity index (χ3n) is 6.49. The predicted octanol–water partition coefficient (Wildman–Crippen LogP) is 4.24. The SMILES string of the molecule is CCCNC(=O)C(Cc1ccccc1)N(Cc1ccccc1C)C(=O)CN(c1ccccc1C)S(C)(=O)=O. The first kappa shape index (κ1) is 28.9. The van der Waals surface area contributed by atoms with E-state index in [2.05, 4.69) is 5.32 Å². The number of nitrogens with one attached hydrogen (secondary N) is 1. The van der Waals surface area contributed by atoms with Crippen molar-refractivity contribution in [1.29, 1.82) is 0 Å². The maximum Gasteiger partial charge on any atom is 0.244 e. The van der Waals surface area contributed by atoms with Gasteiger partial charge in [0.1, 0.15) is 12.6 Å². The summed E-state index contributed by atoms with van der Waals surface area (Å²) < 4.78 is 26.9. The van der Waals surface area contributed by atoms with E-state index in [4.69, 9.17) is 0 Å². The van der Waals surface area contributed by atoms with Gasteiger partial charge >= 0.3 is 0 Å². The summed E-state index contributed by atoms with van der Waals surface area (Å²) in [6.45, 7) is 5.97. The summed E-state index contributed by atoms with van der Waals surface area (Å²) in [5, 5.41) is 2.95. The van der Waals surface area contributed by atoms with Crippen LogP contribution in [0, 0.1) is 13.8 Å². The summed E-state index contributed by atoms with van der Waals surface area (Å²) in [5.74, 6) is -0.714. The number of benzene rings is 3. The standard InChI is InChI=1S/C30H37N3O4S/c1-5-19-31-30(35)28(20-25-15-7-6-8-16-25)32(21-26-17-11-9-13-23(26)2)29(34)22-33(38(4,36)37)27-18-12-10-14-24(27)3/h6-18,28H,5,19-22H2,1-4H3,(H,31,35). The quantitative estimate of drug-likeness (QED) is 0.376. The lowest BCUT2D eigenvalue weighted by Crippen LogP contribution is -2.53. The second kappa shape index (κ2) is 13.2. The lowest BCUT2D eigenvalue weighted by molar-refractivity contribution is -0.140. The highest BCUT2D eigenvalue weighted by Gasteiger charge is 2.33. The van der Waals surface area contributed by atoms with Crippen LogP contribution < -0.4 is 9.62 Å². The predicted molar refractivity (Wildman–Crippen MR) is 152 cm³/mol. The first-order valence-corrected chi connectivity index (χ1v) is 14.7. The molecule has 0 aliphatic carbocycles. The van der Waals surface area contributed by atoms with Crippen LogP contribution in [-0.4, -0.2) is 50.5 Å². The molecule has 3 aromatic rings. The number of amides is 2. The van der Waals surface area contributed by atoms with Gasteiger partial charge in [0, 0.05) is 19.5 Å². The molecule has 1 unspecified atom stereocenters. The Bertz CT molecular complexity index is 1340.